The highest BCUT2D eigenvalue weighted by molar-refractivity contribution is 8.01. The first-order valence-electron chi connectivity index (χ1n) is 8.97. The minimum absolute atomic E-state index is 0.158. The van der Waals surface area contributed by atoms with Crippen LogP contribution in [0.25, 0.3) is 0 Å². The van der Waals surface area contributed by atoms with Gasteiger partial charge < -0.3 is 15.7 Å². The first kappa shape index (κ1) is 18.3. The number of phenols is 1. The molecular weight excluding hydrogens is 378 g/mol. The van der Waals surface area contributed by atoms with E-state index in [1.54, 1.807) is 35.2 Å². The predicted molar refractivity (Wildman–Crippen MR) is 111 cm³/mol. The van der Waals surface area contributed by atoms with Gasteiger partial charge in [-0.1, -0.05) is 0 Å². The third kappa shape index (κ3) is 4.61. The first-order chi connectivity index (χ1) is 13.1. The summed E-state index contributed by atoms with van der Waals surface area (Å²) in [4.78, 5) is 13.6. The third-order valence-electron chi connectivity index (χ3n) is 4.53. The largest absolute Gasteiger partial charge is 0.508 e. The topological polar surface area (TPSA) is 85.2 Å². The molecule has 0 atom stereocenters. The average Bonchev–Trinajstić information content (AvgIpc) is 3.41. The lowest BCUT2D eigenvalue weighted by Gasteiger charge is -2.06. The molecule has 1 fully saturated rings. The van der Waals surface area contributed by atoms with Crippen LogP contribution in [0, 0.1) is 5.41 Å². The Kier molecular flexibility index (Phi) is 5.33. The minimum Gasteiger partial charge on any atom is -0.508 e. The van der Waals surface area contributed by atoms with Crippen molar-refractivity contribution in [3.63, 3.8) is 0 Å². The molecule has 1 aliphatic heterocycles. The summed E-state index contributed by atoms with van der Waals surface area (Å²) in [5, 5.41) is 24.2. The molecule has 140 valence electrons. The molecule has 2 aliphatic rings. The molecule has 1 aliphatic carbocycles. The van der Waals surface area contributed by atoms with Crippen molar-refractivity contribution >= 4 is 40.4 Å². The molecule has 0 radical (unpaired) electrons. The molecule has 1 amide bonds. The highest BCUT2D eigenvalue weighted by Crippen LogP contribution is 2.38. The maximum absolute atomic E-state index is 12.4. The van der Waals surface area contributed by atoms with Gasteiger partial charge in [0, 0.05) is 40.5 Å². The van der Waals surface area contributed by atoms with Crippen LogP contribution in [0.15, 0.2) is 46.2 Å². The normalized spacial score (nSPS) is 18.2. The van der Waals surface area contributed by atoms with Gasteiger partial charge in [-0.05, 0) is 55.2 Å². The molecule has 0 unspecified atom stereocenters. The number of anilines is 1. The number of allylic oxidation sites excluding steroid dienone is 1. The molecule has 0 spiro atoms. The van der Waals surface area contributed by atoms with Gasteiger partial charge in [-0.3, -0.25) is 10.2 Å². The summed E-state index contributed by atoms with van der Waals surface area (Å²) in [6.45, 7) is 0.858. The van der Waals surface area contributed by atoms with Crippen molar-refractivity contribution in [3.8, 4) is 5.75 Å². The molecular formula is C20H21N3O2S2. The number of hydrogen-bond acceptors (Lipinski definition) is 6. The quantitative estimate of drug-likeness (QED) is 0.450. The maximum atomic E-state index is 12.4. The highest BCUT2D eigenvalue weighted by atomic mass is 32.2. The molecule has 1 saturated carbocycles. The van der Waals surface area contributed by atoms with Crippen LogP contribution in [-0.4, -0.2) is 28.5 Å². The second-order valence-electron chi connectivity index (χ2n) is 6.75. The zero-order valence-corrected chi connectivity index (χ0v) is 16.4. The van der Waals surface area contributed by atoms with Crippen molar-refractivity contribution < 1.29 is 9.90 Å². The fourth-order valence-electron chi connectivity index (χ4n) is 2.90. The van der Waals surface area contributed by atoms with E-state index < -0.39 is 0 Å². The van der Waals surface area contributed by atoms with Crippen LogP contribution >= 0.6 is 23.1 Å². The van der Waals surface area contributed by atoms with E-state index in [-0.39, 0.29) is 11.7 Å². The second-order valence-corrected chi connectivity index (χ2v) is 9.25. The minimum atomic E-state index is -0.250. The van der Waals surface area contributed by atoms with Crippen LogP contribution in [0.4, 0.5) is 5.69 Å². The number of phenolic OH excluding ortho intramolecular Hbond substituents is 1. The van der Waals surface area contributed by atoms with Crippen molar-refractivity contribution in [2.45, 2.75) is 36.1 Å². The molecule has 2 heterocycles. The van der Waals surface area contributed by atoms with Gasteiger partial charge in [-0.15, -0.1) is 23.1 Å². The van der Waals surface area contributed by atoms with E-state index in [9.17, 15) is 9.90 Å². The molecule has 4 N–H and O–H groups in total. The fraction of sp³-hybridized carbons (Fsp3) is 0.300. The van der Waals surface area contributed by atoms with E-state index >= 15 is 0 Å². The SMILES string of the molecule is N=C1/C(=C\C(=O)Nc2ccc(O)cc2)CCSc2sc(CNC3CC3)cc21. The van der Waals surface area contributed by atoms with Crippen LogP contribution in [-0.2, 0) is 11.3 Å². The third-order valence-corrected chi connectivity index (χ3v) is 6.95. The van der Waals surface area contributed by atoms with Crippen LogP contribution in [0.5, 0.6) is 5.75 Å². The highest BCUT2D eigenvalue weighted by Gasteiger charge is 2.23. The lowest BCUT2D eigenvalue weighted by atomic mass is 10.0. The Morgan fingerprint density at radius 1 is 1.30 bits per heavy atom. The molecule has 1 aromatic heterocycles. The van der Waals surface area contributed by atoms with E-state index in [1.807, 2.05) is 0 Å². The average molecular weight is 400 g/mol. The number of carbonyl (C=O) groups excluding carboxylic acids is 1. The number of nitrogens with one attached hydrogen (secondary N) is 3. The fourth-order valence-corrected chi connectivity index (χ4v) is 5.37. The van der Waals surface area contributed by atoms with Gasteiger partial charge in [0.2, 0.25) is 5.91 Å². The van der Waals surface area contributed by atoms with Gasteiger partial charge in [0.15, 0.2) is 0 Å². The lowest BCUT2D eigenvalue weighted by molar-refractivity contribution is -0.111. The number of thiophene rings is 1. The number of aromatic hydroxyl groups is 1. The standard InChI is InChI=1S/C20H21N3O2S2/c21-19-12(9-18(25)23-14-3-5-15(24)6-4-14)7-8-26-20-17(19)10-16(27-20)11-22-13-1-2-13/h3-6,9-10,13,21-22,24H,1-2,7-8,11H2,(H,23,25)/b12-9-,21-19?. The van der Waals surface area contributed by atoms with Crippen LogP contribution in [0.3, 0.4) is 0 Å². The Bertz CT molecular complexity index is 898. The number of hydrogen-bond donors (Lipinski definition) is 4. The molecule has 27 heavy (non-hydrogen) atoms. The van der Waals surface area contributed by atoms with E-state index in [4.69, 9.17) is 5.41 Å². The van der Waals surface area contributed by atoms with Crippen molar-refractivity contribution in [2.24, 2.45) is 0 Å². The Labute approximate surface area is 166 Å². The van der Waals surface area contributed by atoms with Gasteiger partial charge in [0.25, 0.3) is 0 Å². The summed E-state index contributed by atoms with van der Waals surface area (Å²) >= 11 is 3.53. The van der Waals surface area contributed by atoms with E-state index in [1.165, 1.54) is 40.1 Å². The molecule has 0 saturated heterocycles. The lowest BCUT2D eigenvalue weighted by Crippen LogP contribution is -2.14. The van der Waals surface area contributed by atoms with Crippen LogP contribution in [0.2, 0.25) is 0 Å². The molecule has 4 rings (SSSR count). The Morgan fingerprint density at radius 3 is 2.81 bits per heavy atom. The molecule has 2 aromatic rings. The smallest absolute Gasteiger partial charge is 0.248 e. The summed E-state index contributed by atoms with van der Waals surface area (Å²) in [6, 6.07) is 9.12. The number of rotatable bonds is 5. The molecule has 1 aromatic carbocycles. The van der Waals surface area contributed by atoms with Crippen molar-refractivity contribution in [1.29, 1.82) is 5.41 Å². The van der Waals surface area contributed by atoms with Crippen molar-refractivity contribution in [1.82, 2.24) is 5.32 Å². The van der Waals surface area contributed by atoms with Crippen LogP contribution < -0.4 is 10.6 Å². The number of amides is 1. The van der Waals surface area contributed by atoms with Gasteiger partial charge in [0.1, 0.15) is 5.75 Å². The summed E-state index contributed by atoms with van der Waals surface area (Å²) in [6.07, 6.45) is 4.76. The zero-order valence-electron chi connectivity index (χ0n) is 14.7. The van der Waals surface area contributed by atoms with E-state index in [0.717, 1.165) is 23.4 Å². The van der Waals surface area contributed by atoms with Crippen molar-refractivity contribution in [3.05, 3.63) is 52.4 Å². The maximum Gasteiger partial charge on any atom is 0.248 e. The summed E-state index contributed by atoms with van der Waals surface area (Å²) in [7, 11) is 0. The predicted octanol–water partition coefficient (Wildman–Crippen LogP) is 4.13. The van der Waals surface area contributed by atoms with Gasteiger partial charge in [0.05, 0.1) is 9.92 Å². The summed E-state index contributed by atoms with van der Waals surface area (Å²) < 4.78 is 1.18. The monoisotopic (exact) mass is 399 g/mol. The summed E-state index contributed by atoms with van der Waals surface area (Å²) in [5.41, 5.74) is 2.77. The zero-order chi connectivity index (χ0) is 18.8. The Hall–Kier alpha value is -2.09. The van der Waals surface area contributed by atoms with E-state index in [0.29, 0.717) is 23.9 Å². The number of thioether (sulfide) groups is 1. The van der Waals surface area contributed by atoms with Crippen molar-refractivity contribution in [2.75, 3.05) is 11.1 Å². The Morgan fingerprint density at radius 2 is 2.07 bits per heavy atom. The molecule has 5 nitrogen and oxygen atoms in total. The number of fused-ring (bicyclic) bond motifs is 1. The summed E-state index contributed by atoms with van der Waals surface area (Å²) in [5.74, 6) is 0.773. The first-order valence-corrected chi connectivity index (χ1v) is 10.8. The van der Waals surface area contributed by atoms with Crippen LogP contribution in [0.1, 0.15) is 29.7 Å². The van der Waals surface area contributed by atoms with Gasteiger partial charge >= 0.3 is 0 Å². The number of carbonyl (C=O) groups is 1. The Balaban J connectivity index is 1.47. The molecule has 0 bridgehead atoms. The van der Waals surface area contributed by atoms with E-state index in [2.05, 4.69) is 16.7 Å². The van der Waals surface area contributed by atoms with Gasteiger partial charge in [-0.25, -0.2) is 0 Å². The second kappa shape index (κ2) is 7.88. The van der Waals surface area contributed by atoms with Gasteiger partial charge in [-0.2, -0.15) is 0 Å². The molecule has 7 heteroatoms. The number of benzene rings is 1.